The molecule has 0 rings (SSSR count). The van der Waals surface area contributed by atoms with Gasteiger partial charge in [0.05, 0.1) is 25.7 Å². The lowest BCUT2D eigenvalue weighted by molar-refractivity contribution is 0.236. The van der Waals surface area contributed by atoms with Gasteiger partial charge in [0.15, 0.2) is 0 Å². The fourth-order valence-electron chi connectivity index (χ4n) is 1.56. The van der Waals surface area contributed by atoms with Crippen LogP contribution in [0.4, 0.5) is 0 Å². The minimum Gasteiger partial charge on any atom is -0.501 e. The van der Waals surface area contributed by atoms with E-state index in [0.717, 1.165) is 38.0 Å². The van der Waals surface area contributed by atoms with Gasteiger partial charge in [-0.05, 0) is 30.9 Å². The van der Waals surface area contributed by atoms with Crippen molar-refractivity contribution >= 4 is 0 Å². The quantitative estimate of drug-likeness (QED) is 0.193. The molecule has 0 aromatic rings. The van der Waals surface area contributed by atoms with Crippen molar-refractivity contribution in [2.24, 2.45) is 0 Å². The van der Waals surface area contributed by atoms with E-state index in [0.29, 0.717) is 0 Å². The average molecular weight is 266 g/mol. The van der Waals surface area contributed by atoms with Gasteiger partial charge in [0.2, 0.25) is 0 Å². The van der Waals surface area contributed by atoms with E-state index < -0.39 is 0 Å². The van der Waals surface area contributed by atoms with E-state index in [4.69, 9.17) is 9.47 Å². The second-order valence-electron chi connectivity index (χ2n) is 4.64. The van der Waals surface area contributed by atoms with Crippen molar-refractivity contribution in [3.8, 4) is 0 Å². The third-order valence-corrected chi connectivity index (χ3v) is 2.72. The molecule has 0 aliphatic carbocycles. The van der Waals surface area contributed by atoms with Crippen molar-refractivity contribution in [1.29, 1.82) is 0 Å². The molecular formula is C17H30O2. The van der Waals surface area contributed by atoms with Crippen LogP contribution in [0.15, 0.2) is 36.8 Å². The van der Waals surface area contributed by atoms with Crippen LogP contribution < -0.4 is 0 Å². The Morgan fingerprint density at radius 2 is 1.58 bits per heavy atom. The Bertz CT molecular complexity index is 254. The molecule has 2 heteroatoms. The van der Waals surface area contributed by atoms with Crippen molar-refractivity contribution in [1.82, 2.24) is 0 Å². The maximum absolute atomic E-state index is 5.53. The summed E-state index contributed by atoms with van der Waals surface area (Å²) in [7, 11) is 0. The molecule has 19 heavy (non-hydrogen) atoms. The Morgan fingerprint density at radius 1 is 0.947 bits per heavy atom. The lowest BCUT2D eigenvalue weighted by Gasteiger charge is -2.03. The van der Waals surface area contributed by atoms with E-state index in [1.165, 1.54) is 25.7 Å². The van der Waals surface area contributed by atoms with E-state index >= 15 is 0 Å². The molecule has 0 aliphatic heterocycles. The van der Waals surface area contributed by atoms with Crippen LogP contribution in [-0.2, 0) is 9.47 Å². The zero-order valence-corrected chi connectivity index (χ0v) is 12.7. The molecular weight excluding hydrogens is 236 g/mol. The molecule has 0 atom stereocenters. The standard InChI is InChI=1S/C17H30O2/c1-4-7-9-13-18-15-12-17(11-6-3)16-19-14-10-8-5-2/h6,12,15-16H,3-5,7-11,13-14H2,1-2H3. The van der Waals surface area contributed by atoms with Crippen LogP contribution in [0.1, 0.15) is 58.8 Å². The molecule has 0 heterocycles. The highest BCUT2D eigenvalue weighted by molar-refractivity contribution is 5.17. The highest BCUT2D eigenvalue weighted by atomic mass is 16.5. The number of ether oxygens (including phenoxy) is 2. The van der Waals surface area contributed by atoms with Crippen LogP contribution >= 0.6 is 0 Å². The van der Waals surface area contributed by atoms with Crippen LogP contribution in [0.2, 0.25) is 0 Å². The maximum Gasteiger partial charge on any atom is 0.0873 e. The fraction of sp³-hybridized carbons (Fsp3) is 0.647. The Kier molecular flexibility index (Phi) is 14.0. The van der Waals surface area contributed by atoms with Crippen molar-refractivity contribution in [2.75, 3.05) is 13.2 Å². The molecule has 0 radical (unpaired) electrons. The summed E-state index contributed by atoms with van der Waals surface area (Å²) in [6.45, 7) is 9.73. The van der Waals surface area contributed by atoms with Crippen molar-refractivity contribution in [3.05, 3.63) is 36.8 Å². The first-order valence-electron chi connectivity index (χ1n) is 7.54. The summed E-state index contributed by atoms with van der Waals surface area (Å²) in [5, 5.41) is 0. The summed E-state index contributed by atoms with van der Waals surface area (Å²) in [4.78, 5) is 0. The Morgan fingerprint density at radius 3 is 2.16 bits per heavy atom. The summed E-state index contributed by atoms with van der Waals surface area (Å²) in [6, 6.07) is 0. The third-order valence-electron chi connectivity index (χ3n) is 2.72. The molecule has 0 fully saturated rings. The topological polar surface area (TPSA) is 18.5 Å². The van der Waals surface area contributed by atoms with Crippen LogP contribution in [-0.4, -0.2) is 13.2 Å². The maximum atomic E-state index is 5.53. The SMILES string of the molecule is C=CCC(C=COCCCCC)=COCCCCC. The lowest BCUT2D eigenvalue weighted by atomic mass is 10.2. The molecule has 0 saturated carbocycles. The van der Waals surface area contributed by atoms with Crippen LogP contribution in [0.25, 0.3) is 0 Å². The third kappa shape index (κ3) is 13.1. The van der Waals surface area contributed by atoms with Gasteiger partial charge in [-0.3, -0.25) is 0 Å². The summed E-state index contributed by atoms with van der Waals surface area (Å²) in [5.74, 6) is 0. The summed E-state index contributed by atoms with van der Waals surface area (Å²) >= 11 is 0. The van der Waals surface area contributed by atoms with Gasteiger partial charge in [-0.25, -0.2) is 0 Å². The first kappa shape index (κ1) is 17.8. The molecule has 0 saturated heterocycles. The minimum atomic E-state index is 0.791. The monoisotopic (exact) mass is 266 g/mol. The Labute approximate surface area is 119 Å². The van der Waals surface area contributed by atoms with Crippen LogP contribution in [0, 0.1) is 0 Å². The van der Waals surface area contributed by atoms with Gasteiger partial charge in [0, 0.05) is 0 Å². The fourth-order valence-corrected chi connectivity index (χ4v) is 1.56. The Hall–Kier alpha value is -1.18. The molecule has 0 unspecified atom stereocenters. The highest BCUT2D eigenvalue weighted by Crippen LogP contribution is 2.06. The lowest BCUT2D eigenvalue weighted by Crippen LogP contribution is -1.90. The van der Waals surface area contributed by atoms with Gasteiger partial charge in [-0.1, -0.05) is 45.6 Å². The summed E-state index contributed by atoms with van der Waals surface area (Å²) < 4.78 is 11.0. The second-order valence-corrected chi connectivity index (χ2v) is 4.64. The summed E-state index contributed by atoms with van der Waals surface area (Å²) in [5.41, 5.74) is 1.10. The zero-order valence-electron chi connectivity index (χ0n) is 12.7. The van der Waals surface area contributed by atoms with E-state index in [1.54, 1.807) is 6.26 Å². The highest BCUT2D eigenvalue weighted by Gasteiger charge is 1.91. The second kappa shape index (κ2) is 14.9. The molecule has 0 spiro atoms. The van der Waals surface area contributed by atoms with Gasteiger partial charge in [0.25, 0.3) is 0 Å². The van der Waals surface area contributed by atoms with E-state index in [-0.39, 0.29) is 0 Å². The summed E-state index contributed by atoms with van der Waals surface area (Å²) in [6.07, 6.45) is 15.4. The Balaban J connectivity index is 3.85. The molecule has 0 amide bonds. The normalized spacial score (nSPS) is 11.8. The first-order chi connectivity index (χ1) is 9.35. The van der Waals surface area contributed by atoms with Crippen LogP contribution in [0.5, 0.6) is 0 Å². The molecule has 0 aromatic heterocycles. The average Bonchev–Trinajstić information content (AvgIpc) is 2.42. The largest absolute Gasteiger partial charge is 0.501 e. The van der Waals surface area contributed by atoms with Gasteiger partial charge in [0.1, 0.15) is 0 Å². The van der Waals surface area contributed by atoms with Gasteiger partial charge < -0.3 is 9.47 Å². The van der Waals surface area contributed by atoms with E-state index in [1.807, 2.05) is 18.4 Å². The molecule has 0 bridgehead atoms. The first-order valence-corrected chi connectivity index (χ1v) is 7.54. The van der Waals surface area contributed by atoms with E-state index in [9.17, 15) is 0 Å². The number of hydrogen-bond acceptors (Lipinski definition) is 2. The molecule has 0 aromatic carbocycles. The van der Waals surface area contributed by atoms with Crippen molar-refractivity contribution < 1.29 is 9.47 Å². The minimum absolute atomic E-state index is 0.791. The number of unbranched alkanes of at least 4 members (excludes halogenated alkanes) is 4. The van der Waals surface area contributed by atoms with Gasteiger partial charge >= 0.3 is 0 Å². The van der Waals surface area contributed by atoms with E-state index in [2.05, 4.69) is 20.4 Å². The van der Waals surface area contributed by atoms with Crippen molar-refractivity contribution in [3.63, 3.8) is 0 Å². The molecule has 0 aliphatic rings. The van der Waals surface area contributed by atoms with Crippen molar-refractivity contribution in [2.45, 2.75) is 58.8 Å². The number of allylic oxidation sites excluding steroid dienone is 3. The number of hydrogen-bond donors (Lipinski definition) is 0. The smallest absolute Gasteiger partial charge is 0.0873 e. The predicted octanol–water partition coefficient (Wildman–Crippen LogP) is 5.37. The zero-order chi connectivity index (χ0) is 14.2. The molecule has 110 valence electrons. The predicted molar refractivity (Wildman–Crippen MR) is 83.0 cm³/mol. The molecule has 2 nitrogen and oxygen atoms in total. The molecule has 0 N–H and O–H groups in total. The van der Waals surface area contributed by atoms with Gasteiger partial charge in [-0.15, -0.1) is 6.58 Å². The van der Waals surface area contributed by atoms with Crippen LogP contribution in [0.3, 0.4) is 0 Å². The van der Waals surface area contributed by atoms with Gasteiger partial charge in [-0.2, -0.15) is 0 Å². The number of rotatable bonds is 13.